The maximum atomic E-state index is 13.1. The van der Waals surface area contributed by atoms with E-state index in [0.29, 0.717) is 5.69 Å². The topological polar surface area (TPSA) is 99.9 Å². The summed E-state index contributed by atoms with van der Waals surface area (Å²) in [5.74, 6) is -0.351. The molecule has 1 N–H and O–H groups in total. The summed E-state index contributed by atoms with van der Waals surface area (Å²) in [6.07, 6.45) is 5.69. The van der Waals surface area contributed by atoms with Crippen LogP contribution in [-0.2, 0) is 19.9 Å². The molecule has 1 aromatic heterocycles. The van der Waals surface area contributed by atoms with Gasteiger partial charge in [0, 0.05) is 5.56 Å². The number of hydrogen-bond acceptors (Lipinski definition) is 5. The highest BCUT2D eigenvalue weighted by Gasteiger charge is 2.37. The first-order valence-corrected chi connectivity index (χ1v) is 11.0. The molecule has 34 heavy (non-hydrogen) atoms. The highest BCUT2D eigenvalue weighted by molar-refractivity contribution is 6.02. The lowest BCUT2D eigenvalue weighted by Crippen LogP contribution is -2.44. The highest BCUT2D eigenvalue weighted by Crippen LogP contribution is 2.38. The Bertz CT molecular complexity index is 1250. The van der Waals surface area contributed by atoms with E-state index in [2.05, 4.69) is 22.4 Å². The molecule has 1 fully saturated rings. The number of carbonyl (C=O) groups excluding carboxylic acids is 3. The smallest absolute Gasteiger partial charge is 0.342 e. The molecular formula is C28H25N3O3. The zero-order valence-electron chi connectivity index (χ0n) is 19.0. The molecule has 1 aliphatic rings. The Labute approximate surface area is 199 Å². The molecule has 0 aliphatic heterocycles. The first-order valence-electron chi connectivity index (χ1n) is 11.0. The van der Waals surface area contributed by atoms with Gasteiger partial charge in [0.25, 0.3) is 5.91 Å². The quantitative estimate of drug-likeness (QED) is 0.436. The van der Waals surface area contributed by atoms with Gasteiger partial charge in [0.15, 0.2) is 0 Å². The first kappa shape index (κ1) is 24.3. The summed E-state index contributed by atoms with van der Waals surface area (Å²) in [7, 11) is 0. The van der Waals surface area contributed by atoms with Gasteiger partial charge in [-0.05, 0) is 49.6 Å². The van der Waals surface area contributed by atoms with Crippen LogP contribution in [0.2, 0.25) is 0 Å². The van der Waals surface area contributed by atoms with Crippen molar-refractivity contribution in [3.63, 3.8) is 0 Å². The number of rotatable bonds is 5. The van der Waals surface area contributed by atoms with E-state index in [9.17, 15) is 10.1 Å². The second-order valence-electron chi connectivity index (χ2n) is 8.18. The lowest BCUT2D eigenvalue weighted by Gasteiger charge is -2.31. The van der Waals surface area contributed by atoms with Crippen LogP contribution in [0.3, 0.4) is 0 Å². The molecule has 1 heterocycles. The molecule has 3 aromatic rings. The number of benzene rings is 2. The predicted octanol–water partition coefficient (Wildman–Crippen LogP) is 4.97. The average Bonchev–Trinajstić information content (AvgIpc) is 3.33. The van der Waals surface area contributed by atoms with E-state index < -0.39 is 5.54 Å². The number of pyridine rings is 1. The molecule has 1 saturated carbocycles. The summed E-state index contributed by atoms with van der Waals surface area (Å²) in [6.45, 7) is 2.04. The average molecular weight is 452 g/mol. The number of nitrogens with zero attached hydrogens (tertiary/aromatic N) is 2. The van der Waals surface area contributed by atoms with Crippen LogP contribution in [0.25, 0.3) is 17.3 Å². The predicted molar refractivity (Wildman–Crippen MR) is 128 cm³/mol. The Morgan fingerprint density at radius 3 is 2.32 bits per heavy atom. The van der Waals surface area contributed by atoms with Crippen LogP contribution >= 0.6 is 0 Å². The van der Waals surface area contributed by atoms with Crippen LogP contribution < -0.4 is 5.32 Å². The van der Waals surface area contributed by atoms with Gasteiger partial charge in [0.2, 0.25) is 0 Å². The summed E-state index contributed by atoms with van der Waals surface area (Å²) in [6, 6.07) is 25.9. The highest BCUT2D eigenvalue weighted by atomic mass is 16.2. The zero-order valence-corrected chi connectivity index (χ0v) is 19.0. The van der Waals surface area contributed by atoms with Crippen molar-refractivity contribution in [1.82, 2.24) is 10.3 Å². The molecule has 0 atom stereocenters. The minimum atomic E-state index is -0.412. The molecule has 0 saturated heterocycles. The van der Waals surface area contributed by atoms with Crippen LogP contribution in [-0.4, -0.2) is 17.0 Å². The van der Waals surface area contributed by atoms with Crippen molar-refractivity contribution in [2.45, 2.75) is 38.1 Å². The third-order valence-corrected chi connectivity index (χ3v) is 5.88. The van der Waals surface area contributed by atoms with E-state index in [1.54, 1.807) is 6.08 Å². The third-order valence-electron chi connectivity index (χ3n) is 5.88. The number of carbonyl (C=O) groups is 1. The minimum absolute atomic E-state index is 0.0658. The summed E-state index contributed by atoms with van der Waals surface area (Å²) >= 11 is 0. The van der Waals surface area contributed by atoms with Crippen LogP contribution in [0.15, 0.2) is 78.4 Å². The van der Waals surface area contributed by atoms with Gasteiger partial charge in [-0.1, -0.05) is 73.0 Å². The fourth-order valence-corrected chi connectivity index (χ4v) is 4.30. The monoisotopic (exact) mass is 451 g/mol. The molecule has 2 aromatic carbocycles. The number of nitrogens with one attached hydrogen (secondary N) is 1. The Hall–Kier alpha value is -4.33. The fraction of sp³-hybridized carbons (Fsp3) is 0.214. The van der Waals surface area contributed by atoms with Crippen molar-refractivity contribution >= 4 is 18.1 Å². The second kappa shape index (κ2) is 11.5. The van der Waals surface area contributed by atoms with Crippen molar-refractivity contribution in [3.8, 4) is 17.3 Å². The van der Waals surface area contributed by atoms with Crippen LogP contribution in [0.1, 0.15) is 42.5 Å². The van der Waals surface area contributed by atoms with Gasteiger partial charge in [0.1, 0.15) is 11.6 Å². The number of nitriles is 1. The van der Waals surface area contributed by atoms with Crippen molar-refractivity contribution < 1.29 is 14.4 Å². The lowest BCUT2D eigenvalue weighted by atomic mass is 9.88. The van der Waals surface area contributed by atoms with Crippen molar-refractivity contribution in [3.05, 3.63) is 95.2 Å². The largest absolute Gasteiger partial charge is 0.373 e. The SMILES string of the molecule is Cc1cccc(-c2cccc(/C=C(\C#N)C(=O)NC3(c4ccccc4)CCCC3)n2)c1.O=C=O. The summed E-state index contributed by atoms with van der Waals surface area (Å²) in [5.41, 5.74) is 4.31. The van der Waals surface area contributed by atoms with E-state index in [4.69, 9.17) is 9.59 Å². The van der Waals surface area contributed by atoms with Crippen molar-refractivity contribution in [1.29, 1.82) is 5.26 Å². The van der Waals surface area contributed by atoms with E-state index in [0.717, 1.165) is 48.1 Å². The van der Waals surface area contributed by atoms with E-state index in [1.165, 1.54) is 0 Å². The van der Waals surface area contributed by atoms with E-state index >= 15 is 0 Å². The molecule has 170 valence electrons. The van der Waals surface area contributed by atoms with Crippen molar-refractivity contribution in [2.75, 3.05) is 0 Å². The second-order valence-corrected chi connectivity index (χ2v) is 8.18. The molecule has 0 radical (unpaired) electrons. The summed E-state index contributed by atoms with van der Waals surface area (Å²) < 4.78 is 0. The number of aromatic nitrogens is 1. The number of amides is 1. The number of aryl methyl sites for hydroxylation is 1. The molecular weight excluding hydrogens is 426 g/mol. The Morgan fingerprint density at radius 1 is 1.00 bits per heavy atom. The lowest BCUT2D eigenvalue weighted by molar-refractivity contribution is -0.191. The summed E-state index contributed by atoms with van der Waals surface area (Å²) in [4.78, 5) is 34.0. The molecule has 0 spiro atoms. The van der Waals surface area contributed by atoms with Crippen LogP contribution in [0.5, 0.6) is 0 Å². The van der Waals surface area contributed by atoms with Gasteiger partial charge >= 0.3 is 6.15 Å². The van der Waals surface area contributed by atoms with Gasteiger partial charge in [-0.25, -0.2) is 4.98 Å². The van der Waals surface area contributed by atoms with E-state index in [-0.39, 0.29) is 17.6 Å². The molecule has 1 aliphatic carbocycles. The molecule has 1 amide bonds. The Kier molecular flexibility index (Phi) is 8.23. The minimum Gasteiger partial charge on any atom is -0.342 e. The Morgan fingerprint density at radius 2 is 1.68 bits per heavy atom. The standard InChI is InChI=1S/C27H25N3O.CO2/c1-20-9-7-10-21(17-20)25-14-8-13-24(29-25)18-22(19-28)26(31)30-27(15-5-6-16-27)23-11-3-2-4-12-23;2-1-3/h2-4,7-14,17-18H,5-6,15-16H2,1H3,(H,30,31);/b22-18+;. The normalized spacial score (nSPS) is 14.2. The van der Waals surface area contributed by atoms with Gasteiger partial charge in [-0.3, -0.25) is 4.79 Å². The van der Waals surface area contributed by atoms with Crippen LogP contribution in [0.4, 0.5) is 0 Å². The Balaban J connectivity index is 0.00000103. The molecule has 4 rings (SSSR count). The van der Waals surface area contributed by atoms with Crippen molar-refractivity contribution in [2.24, 2.45) is 0 Å². The van der Waals surface area contributed by atoms with Gasteiger partial charge in [-0.15, -0.1) is 0 Å². The van der Waals surface area contributed by atoms with E-state index in [1.807, 2.05) is 73.7 Å². The molecule has 6 nitrogen and oxygen atoms in total. The zero-order chi connectivity index (χ0) is 24.4. The summed E-state index contributed by atoms with van der Waals surface area (Å²) in [5, 5.41) is 12.9. The maximum absolute atomic E-state index is 13.1. The van der Waals surface area contributed by atoms with Gasteiger partial charge < -0.3 is 5.32 Å². The van der Waals surface area contributed by atoms with Crippen LogP contribution in [0, 0.1) is 18.3 Å². The van der Waals surface area contributed by atoms with Gasteiger partial charge in [0.05, 0.1) is 16.9 Å². The van der Waals surface area contributed by atoms with Gasteiger partial charge in [-0.2, -0.15) is 14.9 Å². The number of hydrogen-bond donors (Lipinski definition) is 1. The maximum Gasteiger partial charge on any atom is 0.373 e. The molecule has 0 bridgehead atoms. The molecule has 0 unspecified atom stereocenters. The molecule has 6 heteroatoms. The fourth-order valence-electron chi connectivity index (χ4n) is 4.30. The first-order chi connectivity index (χ1) is 16.5. The third kappa shape index (κ3) is 5.92.